The van der Waals surface area contributed by atoms with Crippen molar-refractivity contribution < 1.29 is 4.79 Å². The number of H-pyrrole nitrogens is 1. The number of carbonyl (C=O) groups is 1. The average molecular weight is 339 g/mol. The zero-order valence-electron chi connectivity index (χ0n) is 13.5. The van der Waals surface area contributed by atoms with Crippen LogP contribution in [0, 0.1) is 0 Å². The van der Waals surface area contributed by atoms with E-state index >= 15 is 0 Å². The van der Waals surface area contributed by atoms with Gasteiger partial charge in [0.2, 0.25) is 5.91 Å². The predicted molar refractivity (Wildman–Crippen MR) is 98.0 cm³/mol. The zero-order valence-corrected chi connectivity index (χ0v) is 14.4. The molecule has 2 aromatic rings. The molecule has 4 nitrogen and oxygen atoms in total. The van der Waals surface area contributed by atoms with E-state index in [1.807, 2.05) is 17.8 Å². The minimum absolute atomic E-state index is 0.108. The van der Waals surface area contributed by atoms with E-state index in [9.17, 15) is 4.79 Å². The minimum Gasteiger partial charge on any atom is -0.356 e. The highest BCUT2D eigenvalue weighted by Gasteiger charge is 2.57. The van der Waals surface area contributed by atoms with Crippen molar-refractivity contribution in [1.29, 1.82) is 0 Å². The van der Waals surface area contributed by atoms with E-state index in [1.54, 1.807) is 0 Å². The Labute approximate surface area is 145 Å². The maximum Gasteiger partial charge on any atom is 0.240 e. The van der Waals surface area contributed by atoms with Crippen molar-refractivity contribution in [3.63, 3.8) is 0 Å². The van der Waals surface area contributed by atoms with Gasteiger partial charge < -0.3 is 9.88 Å². The summed E-state index contributed by atoms with van der Waals surface area (Å²) in [4.78, 5) is 18.5. The largest absolute Gasteiger partial charge is 0.356 e. The normalized spacial score (nSPS) is 31.2. The summed E-state index contributed by atoms with van der Waals surface area (Å²) < 4.78 is 0. The van der Waals surface area contributed by atoms with E-state index in [0.717, 1.165) is 31.6 Å². The van der Waals surface area contributed by atoms with Crippen LogP contribution in [-0.4, -0.2) is 40.2 Å². The lowest BCUT2D eigenvalue weighted by Crippen LogP contribution is -2.70. The van der Waals surface area contributed by atoms with Crippen LogP contribution in [0.15, 0.2) is 36.9 Å². The molecule has 3 aliphatic heterocycles. The van der Waals surface area contributed by atoms with Crippen LogP contribution in [0.5, 0.6) is 0 Å². The van der Waals surface area contributed by atoms with E-state index in [1.165, 1.54) is 22.2 Å². The number of rotatable bonds is 3. The molecule has 5 heteroatoms. The third kappa shape index (κ3) is 1.77. The number of aromatic amines is 1. The van der Waals surface area contributed by atoms with Gasteiger partial charge in [-0.05, 0) is 30.9 Å². The van der Waals surface area contributed by atoms with Crippen molar-refractivity contribution in [2.24, 2.45) is 0 Å². The summed E-state index contributed by atoms with van der Waals surface area (Å²) in [7, 11) is 0. The third-order valence-electron chi connectivity index (χ3n) is 5.71. The van der Waals surface area contributed by atoms with Crippen molar-refractivity contribution in [2.75, 3.05) is 12.3 Å². The summed E-state index contributed by atoms with van der Waals surface area (Å²) in [5.41, 5.74) is 3.77. The van der Waals surface area contributed by atoms with Crippen LogP contribution in [0.3, 0.4) is 0 Å². The maximum absolute atomic E-state index is 12.9. The number of nitrogens with one attached hydrogen (secondary N) is 2. The third-order valence-corrected chi connectivity index (χ3v) is 7.17. The molecule has 0 saturated carbocycles. The number of para-hydroxylation sites is 1. The number of thioether (sulfide) groups is 1. The molecule has 0 spiro atoms. The SMILES string of the molecule is C=CCS[C@]12N[C@H](Cc3c1[nH]c1ccccc31)C(=O)N1CCC[C@H]12. The van der Waals surface area contributed by atoms with Crippen LogP contribution >= 0.6 is 11.8 Å². The highest BCUT2D eigenvalue weighted by Crippen LogP contribution is 2.51. The van der Waals surface area contributed by atoms with Crippen LogP contribution in [0.2, 0.25) is 0 Å². The lowest BCUT2D eigenvalue weighted by molar-refractivity contribution is -0.140. The van der Waals surface area contributed by atoms with E-state index in [4.69, 9.17) is 0 Å². The van der Waals surface area contributed by atoms with Gasteiger partial charge in [0.1, 0.15) is 4.87 Å². The highest BCUT2D eigenvalue weighted by molar-refractivity contribution is 8.00. The van der Waals surface area contributed by atoms with E-state index in [-0.39, 0.29) is 22.9 Å². The Bertz CT molecular complexity index is 844. The number of amides is 1. The number of hydrogen-bond donors (Lipinski definition) is 2. The number of aromatic nitrogens is 1. The van der Waals surface area contributed by atoms with Crippen molar-refractivity contribution in [3.8, 4) is 0 Å². The average Bonchev–Trinajstić information content (AvgIpc) is 3.24. The summed E-state index contributed by atoms with van der Waals surface area (Å²) in [5, 5.41) is 5.00. The number of benzene rings is 1. The maximum atomic E-state index is 12.9. The van der Waals surface area contributed by atoms with Gasteiger partial charge in [0.25, 0.3) is 0 Å². The summed E-state index contributed by atoms with van der Waals surface area (Å²) >= 11 is 1.88. The summed E-state index contributed by atoms with van der Waals surface area (Å²) in [6, 6.07) is 8.58. The van der Waals surface area contributed by atoms with Gasteiger partial charge in [-0.15, -0.1) is 18.3 Å². The molecule has 1 aromatic carbocycles. The van der Waals surface area contributed by atoms with Gasteiger partial charge in [-0.1, -0.05) is 24.3 Å². The van der Waals surface area contributed by atoms with Gasteiger partial charge in [0.05, 0.1) is 17.8 Å². The second-order valence-corrected chi connectivity index (χ2v) is 8.22. The molecule has 3 aliphatic rings. The second-order valence-electron chi connectivity index (χ2n) is 6.95. The molecular formula is C19H21N3OS. The quantitative estimate of drug-likeness (QED) is 0.846. The molecule has 0 unspecified atom stereocenters. The van der Waals surface area contributed by atoms with Gasteiger partial charge in [-0.2, -0.15) is 0 Å². The monoisotopic (exact) mass is 339 g/mol. The molecule has 3 atom stereocenters. The van der Waals surface area contributed by atoms with Crippen LogP contribution in [0.1, 0.15) is 24.1 Å². The van der Waals surface area contributed by atoms with E-state index in [2.05, 4.69) is 46.0 Å². The number of nitrogens with zero attached hydrogens (tertiary/aromatic N) is 1. The van der Waals surface area contributed by atoms with Crippen LogP contribution in [0.4, 0.5) is 0 Å². The first kappa shape index (κ1) is 14.6. The van der Waals surface area contributed by atoms with Gasteiger partial charge in [-0.25, -0.2) is 0 Å². The molecule has 1 aromatic heterocycles. The Hall–Kier alpha value is -1.72. The van der Waals surface area contributed by atoms with Crippen LogP contribution in [0.25, 0.3) is 10.9 Å². The van der Waals surface area contributed by atoms with Crippen molar-refractivity contribution in [2.45, 2.75) is 36.2 Å². The summed E-state index contributed by atoms with van der Waals surface area (Å²) in [5.74, 6) is 1.15. The molecular weight excluding hydrogens is 318 g/mol. The fourth-order valence-corrected chi connectivity index (χ4v) is 6.14. The Kier molecular flexibility index (Phi) is 3.13. The first-order valence-electron chi connectivity index (χ1n) is 8.67. The van der Waals surface area contributed by atoms with Gasteiger partial charge in [0, 0.05) is 23.2 Å². The Morgan fingerprint density at radius 2 is 2.29 bits per heavy atom. The molecule has 1 amide bonds. The lowest BCUT2D eigenvalue weighted by atomic mass is 9.85. The van der Waals surface area contributed by atoms with Crippen LogP contribution < -0.4 is 5.32 Å². The fourth-order valence-electron chi connectivity index (χ4n) is 4.78. The van der Waals surface area contributed by atoms with E-state index in [0.29, 0.717) is 0 Å². The second kappa shape index (κ2) is 5.14. The fraction of sp³-hybridized carbons (Fsp3) is 0.421. The predicted octanol–water partition coefficient (Wildman–Crippen LogP) is 2.76. The van der Waals surface area contributed by atoms with E-state index < -0.39 is 0 Å². The molecule has 2 saturated heterocycles. The highest BCUT2D eigenvalue weighted by atomic mass is 32.2. The molecule has 4 heterocycles. The van der Waals surface area contributed by atoms with Gasteiger partial charge >= 0.3 is 0 Å². The molecule has 24 heavy (non-hydrogen) atoms. The molecule has 2 N–H and O–H groups in total. The topological polar surface area (TPSA) is 48.1 Å². The molecule has 0 aliphatic carbocycles. The Morgan fingerprint density at radius 1 is 1.42 bits per heavy atom. The Balaban J connectivity index is 1.76. The minimum atomic E-state index is -0.240. The number of hydrogen-bond acceptors (Lipinski definition) is 3. The molecule has 124 valence electrons. The zero-order chi connectivity index (χ0) is 16.3. The first-order valence-corrected chi connectivity index (χ1v) is 9.66. The standard InChI is InChI=1S/C19H21N3OS/c1-2-10-24-19-16-8-5-9-22(16)18(23)15(21-19)11-13-12-6-3-4-7-14(12)20-17(13)19/h2-4,6-7,15-16,20-21H,1,5,8-11H2/t15-,16+,19+/m1/s1. The smallest absolute Gasteiger partial charge is 0.240 e. The van der Waals surface area contributed by atoms with Crippen molar-refractivity contribution >= 4 is 28.6 Å². The molecule has 5 rings (SSSR count). The first-order chi connectivity index (χ1) is 11.7. The van der Waals surface area contributed by atoms with Gasteiger partial charge in [-0.3, -0.25) is 10.1 Å². The van der Waals surface area contributed by atoms with Crippen LogP contribution in [-0.2, 0) is 16.1 Å². The number of fused-ring (bicyclic) bond motifs is 8. The Morgan fingerprint density at radius 3 is 3.17 bits per heavy atom. The summed E-state index contributed by atoms with van der Waals surface area (Å²) in [6.45, 7) is 4.80. The molecule has 0 radical (unpaired) electrons. The number of carbonyl (C=O) groups excluding carboxylic acids is 1. The summed E-state index contributed by atoms with van der Waals surface area (Å²) in [6.07, 6.45) is 4.89. The van der Waals surface area contributed by atoms with Crippen molar-refractivity contribution in [1.82, 2.24) is 15.2 Å². The molecule has 2 bridgehead atoms. The van der Waals surface area contributed by atoms with Gasteiger partial charge in [0.15, 0.2) is 0 Å². The van der Waals surface area contributed by atoms with Crippen molar-refractivity contribution in [3.05, 3.63) is 48.2 Å². The molecule has 2 fully saturated rings. The lowest BCUT2D eigenvalue weighted by Gasteiger charge is -2.52. The number of piperazine rings is 1.